The molecule has 0 atom stereocenters. The van der Waals surface area contributed by atoms with Gasteiger partial charge in [0.05, 0.1) is 12.1 Å². The van der Waals surface area contributed by atoms with Crippen molar-refractivity contribution < 1.29 is 9.13 Å². The van der Waals surface area contributed by atoms with Gasteiger partial charge in [-0.1, -0.05) is 6.07 Å². The van der Waals surface area contributed by atoms with E-state index < -0.39 is 0 Å². The maximum Gasteiger partial charge on any atom is 0.131 e. The molecule has 1 aromatic heterocycles. The summed E-state index contributed by atoms with van der Waals surface area (Å²) in [5.74, 6) is 0.289. The molecule has 0 amide bonds. The summed E-state index contributed by atoms with van der Waals surface area (Å²) in [6.45, 7) is 3.17. The molecular weight excluding hydrogens is 251 g/mol. The monoisotopic (exact) mass is 266 g/mol. The van der Waals surface area contributed by atoms with E-state index >= 15 is 0 Å². The van der Waals surface area contributed by atoms with Crippen molar-refractivity contribution in [2.75, 3.05) is 7.11 Å². The van der Waals surface area contributed by atoms with Gasteiger partial charge in [0.1, 0.15) is 11.6 Å². The van der Waals surface area contributed by atoms with Crippen LogP contribution in [0.3, 0.4) is 0 Å². The highest BCUT2D eigenvalue weighted by molar-refractivity contribution is 7.11. The number of aromatic nitrogens is 1. The van der Waals surface area contributed by atoms with Gasteiger partial charge in [0.15, 0.2) is 0 Å². The van der Waals surface area contributed by atoms with E-state index in [9.17, 15) is 4.39 Å². The highest BCUT2D eigenvalue weighted by Crippen LogP contribution is 2.16. The first kappa shape index (κ1) is 13.0. The highest BCUT2D eigenvalue weighted by Gasteiger charge is 2.04. The molecule has 0 unspecified atom stereocenters. The van der Waals surface area contributed by atoms with E-state index in [1.165, 1.54) is 13.2 Å². The van der Waals surface area contributed by atoms with E-state index in [-0.39, 0.29) is 5.82 Å². The van der Waals surface area contributed by atoms with Crippen LogP contribution < -0.4 is 10.1 Å². The maximum atomic E-state index is 13.6. The van der Waals surface area contributed by atoms with Crippen LogP contribution in [0.4, 0.5) is 4.39 Å². The minimum absolute atomic E-state index is 0.248. The van der Waals surface area contributed by atoms with Gasteiger partial charge < -0.3 is 10.1 Å². The largest absolute Gasteiger partial charge is 0.497 e. The summed E-state index contributed by atoms with van der Waals surface area (Å²) in [6.07, 6.45) is 1.84. The normalized spacial score (nSPS) is 10.6. The van der Waals surface area contributed by atoms with Crippen LogP contribution in [0.2, 0.25) is 0 Å². The topological polar surface area (TPSA) is 34.1 Å². The molecule has 96 valence electrons. The Kier molecular flexibility index (Phi) is 4.28. The predicted molar refractivity (Wildman–Crippen MR) is 70.3 cm³/mol. The first-order valence-corrected chi connectivity index (χ1v) is 6.45. The lowest BCUT2D eigenvalue weighted by Gasteiger charge is -2.06. The van der Waals surface area contributed by atoms with Crippen molar-refractivity contribution in [3.63, 3.8) is 0 Å². The van der Waals surface area contributed by atoms with E-state index in [0.717, 1.165) is 9.88 Å². The third-order valence-corrected chi connectivity index (χ3v) is 3.46. The van der Waals surface area contributed by atoms with Crippen LogP contribution in [0.25, 0.3) is 0 Å². The fourth-order valence-corrected chi connectivity index (χ4v) is 2.37. The minimum Gasteiger partial charge on any atom is -0.497 e. The van der Waals surface area contributed by atoms with Crippen LogP contribution in [-0.2, 0) is 13.1 Å². The van der Waals surface area contributed by atoms with E-state index in [4.69, 9.17) is 4.74 Å². The third kappa shape index (κ3) is 3.27. The minimum atomic E-state index is -0.248. The van der Waals surface area contributed by atoms with Gasteiger partial charge in [0.2, 0.25) is 0 Å². The van der Waals surface area contributed by atoms with Crippen LogP contribution in [0.5, 0.6) is 5.75 Å². The zero-order chi connectivity index (χ0) is 13.0. The van der Waals surface area contributed by atoms with Crippen LogP contribution in [-0.4, -0.2) is 12.1 Å². The Bertz CT molecular complexity index is 527. The van der Waals surface area contributed by atoms with Crippen LogP contribution in [0, 0.1) is 12.7 Å². The SMILES string of the molecule is COc1ccc(CNCc2cnc(C)s2)c(F)c1. The molecule has 3 nitrogen and oxygen atoms in total. The molecule has 0 radical (unpaired) electrons. The molecule has 0 aliphatic rings. The number of hydrogen-bond donors (Lipinski definition) is 1. The number of nitrogens with one attached hydrogen (secondary N) is 1. The summed E-state index contributed by atoms with van der Waals surface area (Å²) < 4.78 is 18.6. The molecule has 0 spiro atoms. The lowest BCUT2D eigenvalue weighted by atomic mass is 10.2. The molecule has 1 N–H and O–H groups in total. The van der Waals surface area contributed by atoms with E-state index in [2.05, 4.69) is 10.3 Å². The Morgan fingerprint density at radius 3 is 2.83 bits per heavy atom. The molecule has 0 aliphatic heterocycles. The molecule has 0 saturated heterocycles. The number of benzene rings is 1. The molecule has 2 rings (SSSR count). The summed E-state index contributed by atoms with van der Waals surface area (Å²) in [6, 6.07) is 4.89. The summed E-state index contributed by atoms with van der Waals surface area (Å²) in [4.78, 5) is 5.32. The molecule has 2 aromatic rings. The number of ether oxygens (including phenoxy) is 1. The van der Waals surface area contributed by atoms with Crippen molar-refractivity contribution in [1.82, 2.24) is 10.3 Å². The maximum absolute atomic E-state index is 13.6. The van der Waals surface area contributed by atoms with Gasteiger partial charge in [-0.25, -0.2) is 9.37 Å². The predicted octanol–water partition coefficient (Wildman–Crippen LogP) is 2.89. The molecule has 5 heteroatoms. The van der Waals surface area contributed by atoms with Crippen molar-refractivity contribution in [3.05, 3.63) is 45.7 Å². The van der Waals surface area contributed by atoms with Crippen molar-refractivity contribution in [1.29, 1.82) is 0 Å². The quantitative estimate of drug-likeness (QED) is 0.903. The van der Waals surface area contributed by atoms with Gasteiger partial charge >= 0.3 is 0 Å². The number of hydrogen-bond acceptors (Lipinski definition) is 4. The number of methoxy groups -OCH3 is 1. The molecular formula is C13H15FN2OS. The average Bonchev–Trinajstić information content (AvgIpc) is 2.77. The standard InChI is InChI=1S/C13H15FN2OS/c1-9-16-8-12(18-9)7-15-6-10-3-4-11(17-2)5-13(10)14/h3-5,8,15H,6-7H2,1-2H3. The van der Waals surface area contributed by atoms with Gasteiger partial charge in [-0.15, -0.1) is 11.3 Å². The first-order chi connectivity index (χ1) is 8.69. The number of rotatable bonds is 5. The second-order valence-corrected chi connectivity index (χ2v) is 5.23. The fraction of sp³-hybridized carbons (Fsp3) is 0.308. The first-order valence-electron chi connectivity index (χ1n) is 5.63. The Morgan fingerprint density at radius 2 is 2.22 bits per heavy atom. The summed E-state index contributed by atoms with van der Waals surface area (Å²) in [5.41, 5.74) is 0.636. The number of nitrogens with zero attached hydrogens (tertiary/aromatic N) is 1. The Labute approximate surface area is 110 Å². The van der Waals surface area contributed by atoms with Crippen molar-refractivity contribution in [3.8, 4) is 5.75 Å². The lowest BCUT2D eigenvalue weighted by Crippen LogP contribution is -2.12. The smallest absolute Gasteiger partial charge is 0.131 e. The highest BCUT2D eigenvalue weighted by atomic mass is 32.1. The van der Waals surface area contributed by atoms with Gasteiger partial charge in [-0.3, -0.25) is 0 Å². The number of aryl methyl sites for hydroxylation is 1. The van der Waals surface area contributed by atoms with Crippen LogP contribution >= 0.6 is 11.3 Å². The average molecular weight is 266 g/mol. The zero-order valence-corrected chi connectivity index (χ0v) is 11.2. The Hall–Kier alpha value is -1.46. The molecule has 0 fully saturated rings. The Balaban J connectivity index is 1.90. The molecule has 0 aliphatic carbocycles. The van der Waals surface area contributed by atoms with Gasteiger partial charge in [-0.05, 0) is 13.0 Å². The molecule has 0 saturated carbocycles. The fourth-order valence-electron chi connectivity index (χ4n) is 1.61. The van der Waals surface area contributed by atoms with E-state index in [0.29, 0.717) is 24.4 Å². The number of halogens is 1. The van der Waals surface area contributed by atoms with Gasteiger partial charge in [-0.2, -0.15) is 0 Å². The van der Waals surface area contributed by atoms with Crippen molar-refractivity contribution in [2.24, 2.45) is 0 Å². The van der Waals surface area contributed by atoms with E-state index in [1.54, 1.807) is 23.5 Å². The van der Waals surface area contributed by atoms with Gasteiger partial charge in [0, 0.05) is 35.8 Å². The second-order valence-electron chi connectivity index (χ2n) is 3.91. The van der Waals surface area contributed by atoms with Crippen molar-refractivity contribution >= 4 is 11.3 Å². The van der Waals surface area contributed by atoms with Crippen LogP contribution in [0.1, 0.15) is 15.4 Å². The van der Waals surface area contributed by atoms with Crippen molar-refractivity contribution in [2.45, 2.75) is 20.0 Å². The molecule has 18 heavy (non-hydrogen) atoms. The Morgan fingerprint density at radius 1 is 1.39 bits per heavy atom. The zero-order valence-electron chi connectivity index (χ0n) is 10.4. The van der Waals surface area contributed by atoms with Crippen LogP contribution in [0.15, 0.2) is 24.4 Å². The third-order valence-electron chi connectivity index (χ3n) is 2.54. The summed E-state index contributed by atoms with van der Waals surface area (Å²) >= 11 is 1.65. The molecule has 0 bridgehead atoms. The summed E-state index contributed by atoms with van der Waals surface area (Å²) in [5, 5.41) is 4.24. The second kappa shape index (κ2) is 5.93. The van der Waals surface area contributed by atoms with E-state index in [1.807, 2.05) is 13.1 Å². The molecule has 1 heterocycles. The number of thiazole rings is 1. The molecule has 1 aromatic carbocycles. The summed E-state index contributed by atoms with van der Waals surface area (Å²) in [7, 11) is 1.53. The van der Waals surface area contributed by atoms with Gasteiger partial charge in [0.25, 0.3) is 0 Å². The lowest BCUT2D eigenvalue weighted by molar-refractivity contribution is 0.410.